The van der Waals surface area contributed by atoms with Crippen LogP contribution in [0.25, 0.3) is 6.08 Å². The van der Waals surface area contributed by atoms with Crippen molar-refractivity contribution in [2.45, 2.75) is 6.42 Å². The summed E-state index contributed by atoms with van der Waals surface area (Å²) in [6.45, 7) is 0. The van der Waals surface area contributed by atoms with Crippen molar-refractivity contribution in [3.63, 3.8) is 0 Å². The van der Waals surface area contributed by atoms with Crippen LogP contribution in [0.1, 0.15) is 11.3 Å². The zero-order valence-corrected chi connectivity index (χ0v) is 10.8. The first-order valence-corrected chi connectivity index (χ1v) is 5.99. The Morgan fingerprint density at radius 3 is 2.78 bits per heavy atom. The van der Waals surface area contributed by atoms with Gasteiger partial charge in [-0.25, -0.2) is 0 Å². The maximum atomic E-state index is 5.98. The molecule has 18 heavy (non-hydrogen) atoms. The Morgan fingerprint density at radius 2 is 2.11 bits per heavy atom. The summed E-state index contributed by atoms with van der Waals surface area (Å²) in [5, 5.41) is 0.580. The van der Waals surface area contributed by atoms with Crippen LogP contribution < -0.4 is 4.74 Å². The predicted octanol–water partition coefficient (Wildman–Crippen LogP) is 3.80. The second-order valence-corrected chi connectivity index (χ2v) is 4.11. The maximum Gasteiger partial charge on any atom is 0.118 e. The van der Waals surface area contributed by atoms with Crippen molar-refractivity contribution in [3.05, 3.63) is 65.0 Å². The highest BCUT2D eigenvalue weighted by Gasteiger charge is 1.97. The second-order valence-electron chi connectivity index (χ2n) is 3.73. The van der Waals surface area contributed by atoms with Gasteiger partial charge in [0.1, 0.15) is 5.75 Å². The number of nitrogens with zero attached hydrogens (tertiary/aromatic N) is 1. The second kappa shape index (κ2) is 6.22. The molecule has 2 aromatic rings. The number of pyridine rings is 1. The molecule has 0 fully saturated rings. The van der Waals surface area contributed by atoms with E-state index in [-0.39, 0.29) is 0 Å². The lowest BCUT2D eigenvalue weighted by atomic mass is 10.1. The van der Waals surface area contributed by atoms with Crippen LogP contribution in [0, 0.1) is 6.07 Å². The lowest BCUT2D eigenvalue weighted by Crippen LogP contribution is -1.87. The summed E-state index contributed by atoms with van der Waals surface area (Å²) in [5.41, 5.74) is 1.95. The lowest BCUT2D eigenvalue weighted by molar-refractivity contribution is 0.415. The van der Waals surface area contributed by atoms with Crippen LogP contribution >= 0.6 is 11.6 Å². The van der Waals surface area contributed by atoms with Crippen LogP contribution in [-0.4, -0.2) is 12.1 Å². The molecule has 0 N–H and O–H groups in total. The summed E-state index contributed by atoms with van der Waals surface area (Å²) in [6, 6.07) is 12.5. The monoisotopic (exact) mass is 258 g/mol. The van der Waals surface area contributed by atoms with E-state index in [9.17, 15) is 0 Å². The fourth-order valence-corrected chi connectivity index (χ4v) is 1.73. The molecule has 1 heterocycles. The highest BCUT2D eigenvalue weighted by molar-refractivity contribution is 6.31. The number of benzene rings is 1. The standard InChI is InChI=1S/C15H13ClNO/c1-18-13-9-7-12(8-10-13)4-2-6-15-14(16)5-3-11-17-15/h2-4,7-11H,6H2,1H3. The first-order valence-electron chi connectivity index (χ1n) is 5.61. The number of ether oxygens (including phenoxy) is 1. The van der Waals surface area contributed by atoms with Crippen molar-refractivity contribution in [2.24, 2.45) is 0 Å². The Kier molecular flexibility index (Phi) is 4.37. The molecule has 2 nitrogen and oxygen atoms in total. The molecule has 3 heteroatoms. The van der Waals surface area contributed by atoms with Crippen molar-refractivity contribution < 1.29 is 4.74 Å². The van der Waals surface area contributed by atoms with Gasteiger partial charge in [-0.15, -0.1) is 0 Å². The SMILES string of the molecule is COc1ccc(C=CCc2ncc[c]c2Cl)cc1. The van der Waals surface area contributed by atoms with Crippen LogP contribution in [0.2, 0.25) is 5.02 Å². The van der Waals surface area contributed by atoms with Crippen LogP contribution in [0.15, 0.2) is 42.6 Å². The zero-order valence-electron chi connectivity index (χ0n) is 10.1. The summed E-state index contributed by atoms with van der Waals surface area (Å²) in [5.74, 6) is 0.856. The number of allylic oxidation sites excluding steroid dienone is 1. The maximum absolute atomic E-state index is 5.98. The molecule has 0 saturated carbocycles. The molecule has 1 aromatic carbocycles. The minimum atomic E-state index is 0.580. The highest BCUT2D eigenvalue weighted by Crippen LogP contribution is 2.15. The van der Waals surface area contributed by atoms with Gasteiger partial charge in [-0.3, -0.25) is 4.98 Å². The molecule has 0 aliphatic carbocycles. The van der Waals surface area contributed by atoms with Crippen LogP contribution in [-0.2, 0) is 6.42 Å². The fraction of sp³-hybridized carbons (Fsp3) is 0.133. The Morgan fingerprint density at radius 1 is 1.33 bits per heavy atom. The Labute approximate surface area is 112 Å². The van der Waals surface area contributed by atoms with E-state index in [1.807, 2.05) is 36.4 Å². The average Bonchev–Trinajstić information content (AvgIpc) is 2.42. The number of aromatic nitrogens is 1. The molecule has 0 aliphatic heterocycles. The van der Waals surface area contributed by atoms with Crippen LogP contribution in [0.5, 0.6) is 5.75 Å². The van der Waals surface area contributed by atoms with Crippen molar-refractivity contribution >= 4 is 17.7 Å². The Bertz CT molecular complexity index is 534. The van der Waals surface area contributed by atoms with E-state index < -0.39 is 0 Å². The van der Waals surface area contributed by atoms with E-state index in [4.69, 9.17) is 16.3 Å². The number of rotatable bonds is 4. The predicted molar refractivity (Wildman–Crippen MR) is 73.8 cm³/mol. The van der Waals surface area contributed by atoms with Crippen molar-refractivity contribution in [3.8, 4) is 5.75 Å². The Balaban J connectivity index is 2.01. The fourth-order valence-electron chi connectivity index (χ4n) is 1.54. The molecular weight excluding hydrogens is 246 g/mol. The van der Waals surface area contributed by atoms with Gasteiger partial charge in [0.2, 0.25) is 0 Å². The molecular formula is C15H13ClNO. The van der Waals surface area contributed by atoms with Crippen LogP contribution in [0.4, 0.5) is 0 Å². The van der Waals surface area contributed by atoms with E-state index in [1.54, 1.807) is 19.4 Å². The average molecular weight is 259 g/mol. The number of halogens is 1. The molecule has 0 unspecified atom stereocenters. The minimum Gasteiger partial charge on any atom is -0.497 e. The summed E-state index contributed by atoms with van der Waals surface area (Å²) in [4.78, 5) is 4.20. The third-order valence-corrected chi connectivity index (χ3v) is 2.83. The molecule has 2 rings (SSSR count). The van der Waals surface area contributed by atoms with Gasteiger partial charge in [0, 0.05) is 18.7 Å². The number of hydrogen-bond donors (Lipinski definition) is 0. The van der Waals surface area contributed by atoms with Gasteiger partial charge in [0.05, 0.1) is 17.8 Å². The van der Waals surface area contributed by atoms with E-state index in [1.165, 1.54) is 0 Å². The van der Waals surface area contributed by atoms with Gasteiger partial charge in [0.25, 0.3) is 0 Å². The molecule has 1 radical (unpaired) electrons. The van der Waals surface area contributed by atoms with Gasteiger partial charge < -0.3 is 4.74 Å². The largest absolute Gasteiger partial charge is 0.497 e. The summed E-state index contributed by atoms with van der Waals surface area (Å²) < 4.78 is 5.10. The third kappa shape index (κ3) is 3.34. The van der Waals surface area contributed by atoms with Gasteiger partial charge in [-0.05, 0) is 23.8 Å². The van der Waals surface area contributed by atoms with E-state index >= 15 is 0 Å². The molecule has 0 spiro atoms. The van der Waals surface area contributed by atoms with E-state index in [0.29, 0.717) is 11.4 Å². The quantitative estimate of drug-likeness (QED) is 0.832. The van der Waals surface area contributed by atoms with Crippen LogP contribution in [0.3, 0.4) is 0 Å². The minimum absolute atomic E-state index is 0.580. The van der Waals surface area contributed by atoms with Gasteiger partial charge >= 0.3 is 0 Å². The molecule has 1 aromatic heterocycles. The third-order valence-electron chi connectivity index (χ3n) is 2.51. The van der Waals surface area contributed by atoms with Gasteiger partial charge in [-0.1, -0.05) is 35.9 Å². The Hall–Kier alpha value is -1.80. The molecule has 91 valence electrons. The topological polar surface area (TPSA) is 22.1 Å². The summed E-state index contributed by atoms with van der Waals surface area (Å²) in [6.07, 6.45) is 6.46. The van der Waals surface area contributed by atoms with Crippen molar-refractivity contribution in [2.75, 3.05) is 7.11 Å². The number of hydrogen-bond acceptors (Lipinski definition) is 2. The van der Waals surface area contributed by atoms with Gasteiger partial charge in [0.15, 0.2) is 0 Å². The lowest BCUT2D eigenvalue weighted by Gasteiger charge is -2.00. The van der Waals surface area contributed by atoms with Gasteiger partial charge in [-0.2, -0.15) is 0 Å². The summed E-state index contributed by atoms with van der Waals surface area (Å²) >= 11 is 5.98. The first-order chi connectivity index (χ1) is 8.79. The zero-order chi connectivity index (χ0) is 12.8. The molecule has 0 atom stereocenters. The molecule has 0 bridgehead atoms. The van der Waals surface area contributed by atoms with Crippen molar-refractivity contribution in [1.82, 2.24) is 4.98 Å². The molecule has 0 saturated heterocycles. The first kappa shape index (κ1) is 12.7. The molecule has 0 amide bonds. The normalized spacial score (nSPS) is 10.8. The smallest absolute Gasteiger partial charge is 0.118 e. The molecule has 0 aliphatic rings. The van der Waals surface area contributed by atoms with Crippen molar-refractivity contribution in [1.29, 1.82) is 0 Å². The van der Waals surface area contributed by atoms with E-state index in [2.05, 4.69) is 11.1 Å². The van der Waals surface area contributed by atoms with E-state index in [0.717, 1.165) is 17.0 Å². The summed E-state index contributed by atoms with van der Waals surface area (Å²) in [7, 11) is 1.66. The highest BCUT2D eigenvalue weighted by atomic mass is 35.5. The number of methoxy groups -OCH3 is 1.